The minimum atomic E-state index is -0.337. The Morgan fingerprint density at radius 2 is 1.85 bits per heavy atom. The van der Waals surface area contributed by atoms with Gasteiger partial charge in [0.05, 0.1) is 7.11 Å². The molecule has 0 fully saturated rings. The first kappa shape index (κ1) is 14.5. The van der Waals surface area contributed by atoms with Gasteiger partial charge in [0.25, 0.3) is 0 Å². The Bertz CT molecular complexity index is 581. The molecule has 0 saturated heterocycles. The van der Waals surface area contributed by atoms with E-state index >= 15 is 0 Å². The van der Waals surface area contributed by atoms with Crippen LogP contribution in [0.4, 0.5) is 4.39 Å². The standard InChI is InChI=1S/C17H20FNO/c1-12(2)19-11-13-5-4-6-14(9-13)15-7-8-17(20-3)16(18)10-15/h4-10,12,19H,11H2,1-3H3. The zero-order chi connectivity index (χ0) is 14.5. The van der Waals surface area contributed by atoms with Crippen LogP contribution in [-0.2, 0) is 6.54 Å². The maximum atomic E-state index is 13.8. The van der Waals surface area contributed by atoms with Crippen LogP contribution in [0.1, 0.15) is 19.4 Å². The number of nitrogens with one attached hydrogen (secondary N) is 1. The second-order valence-corrected chi connectivity index (χ2v) is 5.09. The van der Waals surface area contributed by atoms with Gasteiger partial charge < -0.3 is 10.1 Å². The van der Waals surface area contributed by atoms with Crippen molar-refractivity contribution in [3.8, 4) is 16.9 Å². The summed E-state index contributed by atoms with van der Waals surface area (Å²) in [6.45, 7) is 5.04. The Labute approximate surface area is 119 Å². The maximum Gasteiger partial charge on any atom is 0.165 e. The lowest BCUT2D eigenvalue weighted by atomic mass is 10.0. The molecule has 0 amide bonds. The molecule has 2 aromatic carbocycles. The molecule has 20 heavy (non-hydrogen) atoms. The summed E-state index contributed by atoms with van der Waals surface area (Å²) in [5.41, 5.74) is 3.05. The average molecular weight is 273 g/mol. The molecule has 0 radical (unpaired) electrons. The number of hydrogen-bond donors (Lipinski definition) is 1. The minimum absolute atomic E-state index is 0.270. The first-order valence-corrected chi connectivity index (χ1v) is 6.76. The van der Waals surface area contributed by atoms with Gasteiger partial charge in [-0.1, -0.05) is 38.1 Å². The Morgan fingerprint density at radius 3 is 2.50 bits per heavy atom. The summed E-state index contributed by atoms with van der Waals surface area (Å²) < 4.78 is 18.7. The number of rotatable bonds is 5. The number of methoxy groups -OCH3 is 1. The second kappa shape index (κ2) is 6.53. The van der Waals surface area contributed by atoms with Gasteiger partial charge in [-0.25, -0.2) is 4.39 Å². The molecule has 0 saturated carbocycles. The molecule has 2 nitrogen and oxygen atoms in total. The molecule has 2 rings (SSSR count). The molecule has 0 aliphatic carbocycles. The van der Waals surface area contributed by atoms with Crippen molar-refractivity contribution < 1.29 is 9.13 Å². The summed E-state index contributed by atoms with van der Waals surface area (Å²) in [6, 6.07) is 13.6. The van der Waals surface area contributed by atoms with Gasteiger partial charge in [-0.3, -0.25) is 0 Å². The van der Waals surface area contributed by atoms with Crippen LogP contribution < -0.4 is 10.1 Å². The van der Waals surface area contributed by atoms with Crippen molar-refractivity contribution in [3.05, 3.63) is 53.8 Å². The molecule has 0 aliphatic rings. The van der Waals surface area contributed by atoms with E-state index in [1.807, 2.05) is 18.2 Å². The summed E-state index contributed by atoms with van der Waals surface area (Å²) in [6.07, 6.45) is 0. The van der Waals surface area contributed by atoms with Gasteiger partial charge in [0.15, 0.2) is 11.6 Å². The first-order valence-electron chi connectivity index (χ1n) is 6.76. The highest BCUT2D eigenvalue weighted by Gasteiger charge is 2.06. The van der Waals surface area contributed by atoms with Gasteiger partial charge in [0.2, 0.25) is 0 Å². The summed E-state index contributed by atoms with van der Waals surface area (Å²) in [5, 5.41) is 3.38. The third-order valence-corrected chi connectivity index (χ3v) is 3.13. The van der Waals surface area contributed by atoms with Gasteiger partial charge >= 0.3 is 0 Å². The zero-order valence-corrected chi connectivity index (χ0v) is 12.1. The highest BCUT2D eigenvalue weighted by atomic mass is 19.1. The third kappa shape index (κ3) is 3.58. The van der Waals surface area contributed by atoms with Crippen molar-refractivity contribution in [1.82, 2.24) is 5.32 Å². The number of halogens is 1. The fraction of sp³-hybridized carbons (Fsp3) is 0.294. The van der Waals surface area contributed by atoms with Crippen LogP contribution >= 0.6 is 0 Å². The van der Waals surface area contributed by atoms with Crippen molar-refractivity contribution >= 4 is 0 Å². The molecule has 1 N–H and O–H groups in total. The molecule has 0 bridgehead atoms. The first-order chi connectivity index (χ1) is 9.60. The Kier molecular flexibility index (Phi) is 4.74. The predicted octanol–water partition coefficient (Wildman–Crippen LogP) is 4.00. The van der Waals surface area contributed by atoms with Crippen LogP contribution in [0.2, 0.25) is 0 Å². The summed E-state index contributed by atoms with van der Waals surface area (Å²) in [4.78, 5) is 0. The number of benzene rings is 2. The smallest absolute Gasteiger partial charge is 0.165 e. The van der Waals surface area contributed by atoms with Crippen molar-refractivity contribution in [3.63, 3.8) is 0 Å². The molecule has 0 unspecified atom stereocenters. The molecular formula is C17H20FNO. The van der Waals surface area contributed by atoms with Crippen molar-refractivity contribution in [2.75, 3.05) is 7.11 Å². The Hall–Kier alpha value is -1.87. The molecule has 0 atom stereocenters. The van der Waals surface area contributed by atoms with Crippen LogP contribution in [0.5, 0.6) is 5.75 Å². The fourth-order valence-corrected chi connectivity index (χ4v) is 2.03. The Balaban J connectivity index is 2.24. The molecule has 0 heterocycles. The van der Waals surface area contributed by atoms with Crippen LogP contribution in [-0.4, -0.2) is 13.2 Å². The monoisotopic (exact) mass is 273 g/mol. The molecule has 3 heteroatoms. The van der Waals surface area contributed by atoms with Crippen LogP contribution in [0.15, 0.2) is 42.5 Å². The normalized spacial score (nSPS) is 10.8. The fourth-order valence-electron chi connectivity index (χ4n) is 2.03. The minimum Gasteiger partial charge on any atom is -0.494 e. The van der Waals surface area contributed by atoms with E-state index in [0.717, 1.165) is 17.7 Å². The van der Waals surface area contributed by atoms with E-state index in [0.29, 0.717) is 6.04 Å². The van der Waals surface area contributed by atoms with Gasteiger partial charge in [-0.2, -0.15) is 0 Å². The van der Waals surface area contributed by atoms with Gasteiger partial charge in [0.1, 0.15) is 0 Å². The van der Waals surface area contributed by atoms with Crippen LogP contribution in [0.25, 0.3) is 11.1 Å². The Morgan fingerprint density at radius 1 is 1.10 bits per heavy atom. The van der Waals surface area contributed by atoms with Gasteiger partial charge in [-0.05, 0) is 34.9 Å². The highest BCUT2D eigenvalue weighted by Crippen LogP contribution is 2.26. The molecule has 0 aromatic heterocycles. The van der Waals surface area contributed by atoms with E-state index in [-0.39, 0.29) is 11.6 Å². The van der Waals surface area contributed by atoms with Crippen molar-refractivity contribution in [2.24, 2.45) is 0 Å². The summed E-state index contributed by atoms with van der Waals surface area (Å²) in [7, 11) is 1.47. The highest BCUT2D eigenvalue weighted by molar-refractivity contribution is 5.65. The third-order valence-electron chi connectivity index (χ3n) is 3.13. The van der Waals surface area contributed by atoms with E-state index in [2.05, 4.69) is 31.3 Å². The quantitative estimate of drug-likeness (QED) is 0.889. The maximum absolute atomic E-state index is 13.8. The van der Waals surface area contributed by atoms with Crippen molar-refractivity contribution in [1.29, 1.82) is 0 Å². The summed E-state index contributed by atoms with van der Waals surface area (Å²) in [5.74, 6) is -0.0675. The van der Waals surface area contributed by atoms with Crippen molar-refractivity contribution in [2.45, 2.75) is 26.4 Å². The topological polar surface area (TPSA) is 21.3 Å². The summed E-state index contributed by atoms with van der Waals surface area (Å²) >= 11 is 0. The lowest BCUT2D eigenvalue weighted by Gasteiger charge is -2.10. The van der Waals surface area contributed by atoms with E-state index in [4.69, 9.17) is 4.74 Å². The van der Waals surface area contributed by atoms with Crippen LogP contribution in [0.3, 0.4) is 0 Å². The molecule has 2 aromatic rings. The lowest BCUT2D eigenvalue weighted by molar-refractivity contribution is 0.386. The van der Waals surface area contributed by atoms with E-state index in [1.165, 1.54) is 18.7 Å². The largest absolute Gasteiger partial charge is 0.494 e. The SMILES string of the molecule is COc1ccc(-c2cccc(CNC(C)C)c2)cc1F. The molecular weight excluding hydrogens is 253 g/mol. The lowest BCUT2D eigenvalue weighted by Crippen LogP contribution is -2.21. The number of hydrogen-bond acceptors (Lipinski definition) is 2. The molecule has 0 aliphatic heterocycles. The number of ether oxygens (including phenoxy) is 1. The second-order valence-electron chi connectivity index (χ2n) is 5.09. The average Bonchev–Trinajstić information content (AvgIpc) is 2.45. The zero-order valence-electron chi connectivity index (χ0n) is 12.1. The van der Waals surface area contributed by atoms with E-state index in [9.17, 15) is 4.39 Å². The molecule has 0 spiro atoms. The van der Waals surface area contributed by atoms with E-state index in [1.54, 1.807) is 6.07 Å². The van der Waals surface area contributed by atoms with Gasteiger partial charge in [-0.15, -0.1) is 0 Å². The van der Waals surface area contributed by atoms with Gasteiger partial charge in [0, 0.05) is 12.6 Å². The predicted molar refractivity (Wildman–Crippen MR) is 80.4 cm³/mol. The molecule has 106 valence electrons. The van der Waals surface area contributed by atoms with E-state index < -0.39 is 0 Å². The van der Waals surface area contributed by atoms with Crippen LogP contribution in [0, 0.1) is 5.82 Å².